The first-order valence-electron chi connectivity index (χ1n) is 8.18. The Labute approximate surface area is 153 Å². The molecule has 9 heteroatoms. The number of hydrogen-bond donors (Lipinski definition) is 1. The molecule has 0 fully saturated rings. The van der Waals surface area contributed by atoms with E-state index < -0.39 is 0 Å². The van der Waals surface area contributed by atoms with Gasteiger partial charge in [0, 0.05) is 5.69 Å². The van der Waals surface area contributed by atoms with Crippen molar-refractivity contribution in [3.05, 3.63) is 41.0 Å². The zero-order chi connectivity index (χ0) is 18.1. The molecule has 0 unspecified atom stereocenters. The maximum atomic E-state index is 5.83. The van der Waals surface area contributed by atoms with Crippen molar-refractivity contribution in [3.63, 3.8) is 0 Å². The number of aromatic nitrogens is 6. The van der Waals surface area contributed by atoms with Crippen LogP contribution >= 0.6 is 11.3 Å². The van der Waals surface area contributed by atoms with Crippen LogP contribution in [0.15, 0.2) is 30.3 Å². The van der Waals surface area contributed by atoms with Crippen molar-refractivity contribution in [1.82, 2.24) is 30.0 Å². The van der Waals surface area contributed by atoms with E-state index in [0.29, 0.717) is 34.8 Å². The molecule has 134 valence electrons. The highest BCUT2D eigenvalue weighted by atomic mass is 32.1. The average molecular weight is 370 g/mol. The Morgan fingerprint density at radius 3 is 2.73 bits per heavy atom. The van der Waals surface area contributed by atoms with E-state index in [0.717, 1.165) is 16.4 Å². The fourth-order valence-corrected chi connectivity index (χ4v) is 3.25. The third kappa shape index (κ3) is 3.01. The lowest BCUT2D eigenvalue weighted by atomic mass is 10.1. The predicted octanol–water partition coefficient (Wildman–Crippen LogP) is 3.29. The number of benzene rings is 1. The lowest BCUT2D eigenvalue weighted by Gasteiger charge is -2.08. The maximum Gasteiger partial charge on any atom is 0.235 e. The number of fused-ring (bicyclic) bond motifs is 1. The number of methoxy groups -OCH3 is 1. The van der Waals surface area contributed by atoms with Gasteiger partial charge in [0.05, 0.1) is 7.11 Å². The summed E-state index contributed by atoms with van der Waals surface area (Å²) in [4.78, 5) is 0.702. The molecule has 0 spiro atoms. The number of rotatable bonds is 6. The molecule has 0 radical (unpaired) electrons. The minimum atomic E-state index is 0.325. The van der Waals surface area contributed by atoms with Crippen molar-refractivity contribution in [2.24, 2.45) is 0 Å². The van der Waals surface area contributed by atoms with Crippen LogP contribution in [0.5, 0.6) is 11.5 Å². The Hall–Kier alpha value is -2.94. The Bertz CT molecular complexity index is 1030. The summed E-state index contributed by atoms with van der Waals surface area (Å²) in [6.45, 7) is 4.53. The average Bonchev–Trinajstić information content (AvgIpc) is 3.35. The van der Waals surface area contributed by atoms with E-state index in [1.165, 1.54) is 11.3 Å². The van der Waals surface area contributed by atoms with Crippen molar-refractivity contribution in [3.8, 4) is 23.0 Å². The molecule has 0 atom stereocenters. The largest absolute Gasteiger partial charge is 0.493 e. The molecule has 0 bridgehead atoms. The summed E-state index contributed by atoms with van der Waals surface area (Å²) in [6, 6.07) is 9.50. The minimum Gasteiger partial charge on any atom is -0.493 e. The number of hydrogen-bond acceptors (Lipinski definition) is 7. The fourth-order valence-electron chi connectivity index (χ4n) is 2.50. The van der Waals surface area contributed by atoms with E-state index in [4.69, 9.17) is 9.47 Å². The van der Waals surface area contributed by atoms with Crippen LogP contribution in [0.4, 0.5) is 0 Å². The molecule has 1 N–H and O–H groups in total. The van der Waals surface area contributed by atoms with Gasteiger partial charge in [0.25, 0.3) is 0 Å². The molecule has 4 aromatic rings. The van der Waals surface area contributed by atoms with Crippen LogP contribution in [-0.4, -0.2) is 37.1 Å². The summed E-state index contributed by atoms with van der Waals surface area (Å²) < 4.78 is 12.8. The summed E-state index contributed by atoms with van der Waals surface area (Å²) in [5.41, 5.74) is 1.77. The Morgan fingerprint density at radius 1 is 1.19 bits per heavy atom. The van der Waals surface area contributed by atoms with Gasteiger partial charge in [0.2, 0.25) is 10.8 Å². The van der Waals surface area contributed by atoms with Gasteiger partial charge in [0.15, 0.2) is 16.5 Å². The monoisotopic (exact) mass is 370 g/mol. The van der Waals surface area contributed by atoms with Crippen LogP contribution in [0, 0.1) is 0 Å². The highest BCUT2D eigenvalue weighted by Crippen LogP contribution is 2.28. The lowest BCUT2D eigenvalue weighted by molar-refractivity contribution is 0.283. The van der Waals surface area contributed by atoms with Gasteiger partial charge in [-0.05, 0) is 24.1 Å². The third-order valence-corrected chi connectivity index (χ3v) is 4.77. The molecule has 3 heterocycles. The van der Waals surface area contributed by atoms with Gasteiger partial charge in [0.1, 0.15) is 12.3 Å². The van der Waals surface area contributed by atoms with Crippen LogP contribution < -0.4 is 9.47 Å². The van der Waals surface area contributed by atoms with E-state index in [-0.39, 0.29) is 0 Å². The molecular weight excluding hydrogens is 352 g/mol. The van der Waals surface area contributed by atoms with E-state index in [2.05, 4.69) is 39.3 Å². The summed E-state index contributed by atoms with van der Waals surface area (Å²) in [5.74, 6) is 2.34. The van der Waals surface area contributed by atoms with Gasteiger partial charge in [-0.3, -0.25) is 5.10 Å². The number of ether oxygens (including phenoxy) is 2. The van der Waals surface area contributed by atoms with E-state index >= 15 is 0 Å². The standard InChI is InChI=1S/C17H18N6O2S/c1-10(2)11-8-12(19-18-11)16-20-21-17-23(16)22-15(26-17)9-25-14-7-5-4-6-13(14)24-3/h4-8,10H,9H2,1-3H3,(H,18,19). The summed E-state index contributed by atoms with van der Waals surface area (Å²) in [6.07, 6.45) is 0. The molecule has 0 aliphatic rings. The molecule has 3 aromatic heterocycles. The van der Waals surface area contributed by atoms with Gasteiger partial charge >= 0.3 is 0 Å². The van der Waals surface area contributed by atoms with Gasteiger partial charge in [-0.25, -0.2) is 0 Å². The van der Waals surface area contributed by atoms with Gasteiger partial charge < -0.3 is 9.47 Å². The second-order valence-electron chi connectivity index (χ2n) is 6.02. The molecule has 1 aromatic carbocycles. The summed E-state index contributed by atoms with van der Waals surface area (Å²) in [5, 5.41) is 21.1. The number of para-hydroxylation sites is 2. The first-order chi connectivity index (χ1) is 12.7. The van der Waals surface area contributed by atoms with Crippen LogP contribution in [0.25, 0.3) is 16.5 Å². The second kappa shape index (κ2) is 6.75. The molecule has 0 aliphatic carbocycles. The molecular formula is C17H18N6O2S. The van der Waals surface area contributed by atoms with Crippen molar-refractivity contribution in [2.45, 2.75) is 26.4 Å². The molecule has 0 saturated heterocycles. The lowest BCUT2D eigenvalue weighted by Crippen LogP contribution is -1.99. The number of nitrogens with zero attached hydrogens (tertiary/aromatic N) is 5. The first kappa shape index (κ1) is 16.5. The summed E-state index contributed by atoms with van der Waals surface area (Å²) in [7, 11) is 1.62. The second-order valence-corrected chi connectivity index (χ2v) is 7.06. The molecule has 0 aliphatic heterocycles. The number of aromatic amines is 1. The molecule has 0 saturated carbocycles. The predicted molar refractivity (Wildman–Crippen MR) is 97.7 cm³/mol. The number of H-pyrrole nitrogens is 1. The van der Waals surface area contributed by atoms with Crippen LogP contribution in [0.2, 0.25) is 0 Å². The Kier molecular flexibility index (Phi) is 4.29. The normalized spacial score (nSPS) is 11.4. The molecule has 26 heavy (non-hydrogen) atoms. The first-order valence-corrected chi connectivity index (χ1v) is 9.00. The Balaban J connectivity index is 1.57. The smallest absolute Gasteiger partial charge is 0.235 e. The topological polar surface area (TPSA) is 90.2 Å². The van der Waals surface area contributed by atoms with Gasteiger partial charge in [-0.15, -0.1) is 10.2 Å². The fraction of sp³-hybridized carbons (Fsp3) is 0.294. The van der Waals surface area contributed by atoms with Crippen LogP contribution in [0.3, 0.4) is 0 Å². The summed E-state index contributed by atoms with van der Waals surface area (Å²) >= 11 is 1.43. The Morgan fingerprint density at radius 2 is 2.00 bits per heavy atom. The van der Waals surface area contributed by atoms with E-state index in [1.807, 2.05) is 30.3 Å². The van der Waals surface area contributed by atoms with Crippen molar-refractivity contribution in [1.29, 1.82) is 0 Å². The quantitative estimate of drug-likeness (QED) is 0.560. The number of nitrogens with one attached hydrogen (secondary N) is 1. The minimum absolute atomic E-state index is 0.325. The highest BCUT2D eigenvalue weighted by molar-refractivity contribution is 7.16. The molecule has 4 rings (SSSR count). The van der Waals surface area contributed by atoms with Crippen LogP contribution in [-0.2, 0) is 6.61 Å². The van der Waals surface area contributed by atoms with Gasteiger partial charge in [-0.2, -0.15) is 14.7 Å². The van der Waals surface area contributed by atoms with Crippen LogP contribution in [0.1, 0.15) is 30.5 Å². The zero-order valence-corrected chi connectivity index (χ0v) is 15.4. The molecule has 0 amide bonds. The van der Waals surface area contributed by atoms with Gasteiger partial charge in [-0.1, -0.05) is 37.3 Å². The van der Waals surface area contributed by atoms with E-state index in [9.17, 15) is 0 Å². The SMILES string of the molecule is COc1ccccc1OCc1nn2c(-c3cc(C(C)C)[nH]n3)nnc2s1. The van der Waals surface area contributed by atoms with Crippen molar-refractivity contribution < 1.29 is 9.47 Å². The van der Waals surface area contributed by atoms with Crippen molar-refractivity contribution in [2.75, 3.05) is 7.11 Å². The van der Waals surface area contributed by atoms with E-state index in [1.54, 1.807) is 11.6 Å². The highest BCUT2D eigenvalue weighted by Gasteiger charge is 2.17. The third-order valence-electron chi connectivity index (χ3n) is 3.90. The maximum absolute atomic E-state index is 5.83. The molecule has 8 nitrogen and oxygen atoms in total. The zero-order valence-electron chi connectivity index (χ0n) is 14.6. The van der Waals surface area contributed by atoms with Crippen molar-refractivity contribution >= 4 is 16.3 Å².